The van der Waals surface area contributed by atoms with E-state index in [1.807, 2.05) is 13.8 Å². The van der Waals surface area contributed by atoms with E-state index in [2.05, 4.69) is 23.8 Å². The fraction of sp³-hybridized carbons (Fsp3) is 0.786. The fourth-order valence-electron chi connectivity index (χ4n) is 2.25. The summed E-state index contributed by atoms with van der Waals surface area (Å²) in [6.45, 7) is 9.91. The maximum atomic E-state index is 10.2. The Labute approximate surface area is 121 Å². The summed E-state index contributed by atoms with van der Waals surface area (Å²) in [5.41, 5.74) is 8.28. The second-order valence-corrected chi connectivity index (χ2v) is 5.59. The summed E-state index contributed by atoms with van der Waals surface area (Å²) in [6.07, 6.45) is 0.214. The Bertz CT molecular complexity index is 418. The number of hydrogen-bond donors (Lipinski definition) is 3. The number of aliphatic hydroxyl groups excluding tert-OH is 2. The number of aryl methyl sites for hydroxylation is 1. The smallest absolute Gasteiger partial charge is 0.0862 e. The van der Waals surface area contributed by atoms with Gasteiger partial charge >= 0.3 is 0 Å². The monoisotopic (exact) mass is 284 g/mol. The molecule has 0 saturated heterocycles. The van der Waals surface area contributed by atoms with Gasteiger partial charge in [-0.05, 0) is 34.1 Å². The van der Waals surface area contributed by atoms with Crippen LogP contribution in [0.1, 0.15) is 31.7 Å². The van der Waals surface area contributed by atoms with Gasteiger partial charge in [0.15, 0.2) is 0 Å². The lowest BCUT2D eigenvalue weighted by Gasteiger charge is -2.28. The highest BCUT2D eigenvalue weighted by Crippen LogP contribution is 2.15. The zero-order valence-corrected chi connectivity index (χ0v) is 13.0. The topological polar surface area (TPSA) is 87.5 Å². The Kier molecular flexibility index (Phi) is 6.45. The number of hydrogen-bond acceptors (Lipinski definition) is 5. The minimum Gasteiger partial charge on any atom is -0.396 e. The SMILES string of the molecule is Cc1nn(CC(O)CN(CCCO)C(C)C)c(C)c1N. The maximum Gasteiger partial charge on any atom is 0.0862 e. The molecule has 0 amide bonds. The summed E-state index contributed by atoms with van der Waals surface area (Å²) < 4.78 is 1.76. The molecule has 1 atom stereocenters. The highest BCUT2D eigenvalue weighted by Gasteiger charge is 2.17. The largest absolute Gasteiger partial charge is 0.396 e. The normalized spacial score (nSPS) is 13.4. The standard InChI is InChI=1S/C14H28N4O2/c1-10(2)17(6-5-7-19)8-13(20)9-18-12(4)14(15)11(3)16-18/h10,13,19-20H,5-9,15H2,1-4H3. The number of anilines is 1. The zero-order valence-electron chi connectivity index (χ0n) is 13.0. The molecule has 0 bridgehead atoms. The van der Waals surface area contributed by atoms with Crippen molar-refractivity contribution < 1.29 is 10.2 Å². The molecule has 0 spiro atoms. The first kappa shape index (κ1) is 16.9. The number of nitrogen functional groups attached to an aromatic ring is 1. The van der Waals surface area contributed by atoms with E-state index in [1.54, 1.807) is 4.68 Å². The van der Waals surface area contributed by atoms with Gasteiger partial charge < -0.3 is 15.9 Å². The van der Waals surface area contributed by atoms with Crippen LogP contribution in [-0.4, -0.2) is 56.7 Å². The van der Waals surface area contributed by atoms with Crippen molar-refractivity contribution in [3.05, 3.63) is 11.4 Å². The predicted molar refractivity (Wildman–Crippen MR) is 80.5 cm³/mol. The third kappa shape index (κ3) is 4.47. The lowest BCUT2D eigenvalue weighted by atomic mass is 10.2. The van der Waals surface area contributed by atoms with Crippen LogP contribution in [0.2, 0.25) is 0 Å². The molecule has 0 aliphatic rings. The highest BCUT2D eigenvalue weighted by atomic mass is 16.3. The van der Waals surface area contributed by atoms with E-state index < -0.39 is 6.10 Å². The van der Waals surface area contributed by atoms with Gasteiger partial charge in [-0.15, -0.1) is 0 Å². The molecule has 1 aromatic heterocycles. The molecule has 1 rings (SSSR count). The first-order valence-corrected chi connectivity index (χ1v) is 7.19. The zero-order chi connectivity index (χ0) is 15.3. The van der Waals surface area contributed by atoms with E-state index in [4.69, 9.17) is 10.8 Å². The van der Waals surface area contributed by atoms with E-state index >= 15 is 0 Å². The maximum absolute atomic E-state index is 10.2. The Morgan fingerprint density at radius 1 is 1.35 bits per heavy atom. The van der Waals surface area contributed by atoms with E-state index in [0.717, 1.165) is 24.4 Å². The molecule has 0 fully saturated rings. The summed E-state index contributed by atoms with van der Waals surface area (Å²) in [7, 11) is 0. The Morgan fingerprint density at radius 3 is 2.45 bits per heavy atom. The van der Waals surface area contributed by atoms with Crippen LogP contribution in [0.3, 0.4) is 0 Å². The van der Waals surface area contributed by atoms with Gasteiger partial charge in [0.2, 0.25) is 0 Å². The van der Waals surface area contributed by atoms with E-state index in [-0.39, 0.29) is 6.61 Å². The first-order valence-electron chi connectivity index (χ1n) is 7.19. The second-order valence-electron chi connectivity index (χ2n) is 5.59. The molecule has 0 aromatic carbocycles. The molecule has 6 heteroatoms. The van der Waals surface area contributed by atoms with Crippen LogP contribution in [0.15, 0.2) is 0 Å². The van der Waals surface area contributed by atoms with Crippen LogP contribution in [0.4, 0.5) is 5.69 Å². The molecule has 0 radical (unpaired) electrons. The van der Waals surface area contributed by atoms with Gasteiger partial charge in [-0.25, -0.2) is 0 Å². The molecule has 6 nitrogen and oxygen atoms in total. The number of rotatable bonds is 8. The highest BCUT2D eigenvalue weighted by molar-refractivity contribution is 5.46. The quantitative estimate of drug-likeness (QED) is 0.648. The lowest BCUT2D eigenvalue weighted by Crippen LogP contribution is -2.40. The van der Waals surface area contributed by atoms with Crippen LogP contribution >= 0.6 is 0 Å². The van der Waals surface area contributed by atoms with Gasteiger partial charge in [0.25, 0.3) is 0 Å². The van der Waals surface area contributed by atoms with Gasteiger partial charge in [0.05, 0.1) is 29.7 Å². The number of aromatic nitrogens is 2. The summed E-state index contributed by atoms with van der Waals surface area (Å²) in [4.78, 5) is 2.16. The van der Waals surface area contributed by atoms with Crippen molar-refractivity contribution in [3.63, 3.8) is 0 Å². The summed E-state index contributed by atoms with van der Waals surface area (Å²) >= 11 is 0. The van der Waals surface area contributed by atoms with Gasteiger partial charge in [-0.2, -0.15) is 5.10 Å². The summed E-state index contributed by atoms with van der Waals surface area (Å²) in [5, 5.41) is 23.5. The molecule has 20 heavy (non-hydrogen) atoms. The van der Waals surface area contributed by atoms with Crippen LogP contribution in [0.25, 0.3) is 0 Å². The van der Waals surface area contributed by atoms with Crippen molar-refractivity contribution in [2.45, 2.75) is 52.8 Å². The molecule has 0 aliphatic heterocycles. The molecule has 0 saturated carbocycles. The van der Waals surface area contributed by atoms with Crippen LogP contribution in [0.5, 0.6) is 0 Å². The number of nitrogens with two attached hydrogens (primary N) is 1. The molecule has 116 valence electrons. The minimum atomic E-state index is -0.506. The predicted octanol–water partition coefficient (Wildman–Crippen LogP) is 0.536. The fourth-order valence-corrected chi connectivity index (χ4v) is 2.25. The Morgan fingerprint density at radius 2 is 2.00 bits per heavy atom. The van der Waals surface area contributed by atoms with Gasteiger partial charge in [0, 0.05) is 25.7 Å². The van der Waals surface area contributed by atoms with Crippen molar-refractivity contribution in [1.82, 2.24) is 14.7 Å². The van der Waals surface area contributed by atoms with Gasteiger partial charge in [0.1, 0.15) is 0 Å². The molecular formula is C14H28N4O2. The van der Waals surface area contributed by atoms with Gasteiger partial charge in [-0.3, -0.25) is 9.58 Å². The van der Waals surface area contributed by atoms with Crippen molar-refractivity contribution >= 4 is 5.69 Å². The van der Waals surface area contributed by atoms with Crippen molar-refractivity contribution in [1.29, 1.82) is 0 Å². The minimum absolute atomic E-state index is 0.174. The second kappa shape index (κ2) is 7.61. The summed E-state index contributed by atoms with van der Waals surface area (Å²) in [5.74, 6) is 0. The molecule has 1 aromatic rings. The van der Waals surface area contributed by atoms with Crippen molar-refractivity contribution in [2.24, 2.45) is 0 Å². The average Bonchev–Trinajstić information content (AvgIpc) is 2.61. The summed E-state index contributed by atoms with van der Waals surface area (Å²) in [6, 6.07) is 0.335. The molecule has 1 unspecified atom stereocenters. The Balaban J connectivity index is 2.60. The van der Waals surface area contributed by atoms with E-state index in [0.29, 0.717) is 24.8 Å². The van der Waals surface area contributed by atoms with E-state index in [1.165, 1.54) is 0 Å². The van der Waals surface area contributed by atoms with E-state index in [9.17, 15) is 5.11 Å². The third-order valence-electron chi connectivity index (χ3n) is 3.60. The van der Waals surface area contributed by atoms with Crippen molar-refractivity contribution in [3.8, 4) is 0 Å². The van der Waals surface area contributed by atoms with Crippen LogP contribution < -0.4 is 5.73 Å². The Hall–Kier alpha value is -1.11. The molecule has 4 N–H and O–H groups in total. The first-order chi connectivity index (χ1) is 9.36. The molecule has 0 aliphatic carbocycles. The van der Waals surface area contributed by atoms with Crippen LogP contribution in [0, 0.1) is 13.8 Å². The number of nitrogens with zero attached hydrogens (tertiary/aromatic N) is 3. The average molecular weight is 284 g/mol. The lowest BCUT2D eigenvalue weighted by molar-refractivity contribution is 0.0758. The number of aliphatic hydroxyl groups is 2. The third-order valence-corrected chi connectivity index (χ3v) is 3.60. The molecule has 1 heterocycles. The molecular weight excluding hydrogens is 256 g/mol. The van der Waals surface area contributed by atoms with Gasteiger partial charge in [-0.1, -0.05) is 0 Å². The van der Waals surface area contributed by atoms with Crippen LogP contribution in [-0.2, 0) is 6.54 Å². The van der Waals surface area contributed by atoms with Crippen molar-refractivity contribution in [2.75, 3.05) is 25.4 Å².